The first-order valence-corrected chi connectivity index (χ1v) is 9.76. The van der Waals surface area contributed by atoms with Crippen LogP contribution in [0, 0.1) is 13.8 Å². The maximum Gasteiger partial charge on any atom is 0.191 e. The van der Waals surface area contributed by atoms with Crippen molar-refractivity contribution in [2.24, 2.45) is 4.99 Å². The molecule has 2 heterocycles. The molecule has 1 fully saturated rings. The molecule has 148 valence electrons. The van der Waals surface area contributed by atoms with Gasteiger partial charge in [-0.05, 0) is 54.8 Å². The van der Waals surface area contributed by atoms with Gasteiger partial charge in [-0.3, -0.25) is 4.99 Å². The van der Waals surface area contributed by atoms with Crippen LogP contribution in [0.25, 0.3) is 0 Å². The summed E-state index contributed by atoms with van der Waals surface area (Å²) >= 11 is 3.64. The second-order valence-electron chi connectivity index (χ2n) is 6.58. The van der Waals surface area contributed by atoms with Crippen molar-refractivity contribution in [2.75, 3.05) is 31.6 Å². The lowest BCUT2D eigenvalue weighted by Crippen LogP contribution is -2.45. The first kappa shape index (κ1) is 22.0. The molecule has 1 aliphatic rings. The minimum Gasteiger partial charge on any atom is -0.368 e. The number of aromatic nitrogens is 1. The van der Waals surface area contributed by atoms with Gasteiger partial charge in [-0.15, -0.1) is 24.0 Å². The zero-order chi connectivity index (χ0) is 18.5. The fourth-order valence-electron chi connectivity index (χ4n) is 3.36. The van der Waals surface area contributed by atoms with Crippen molar-refractivity contribution in [1.29, 1.82) is 0 Å². The van der Waals surface area contributed by atoms with Crippen molar-refractivity contribution in [3.8, 4) is 0 Å². The molecule has 0 aliphatic carbocycles. The quantitative estimate of drug-likeness (QED) is 0.340. The third kappa shape index (κ3) is 5.60. The Morgan fingerprint density at radius 1 is 1.37 bits per heavy atom. The van der Waals surface area contributed by atoms with Crippen molar-refractivity contribution in [3.05, 3.63) is 45.8 Å². The fourth-order valence-corrected chi connectivity index (χ4v) is 3.89. The second kappa shape index (κ2) is 10.3. The highest BCUT2D eigenvalue weighted by Crippen LogP contribution is 2.28. The van der Waals surface area contributed by atoms with Gasteiger partial charge >= 0.3 is 0 Å². The third-order valence-corrected chi connectivity index (χ3v) is 5.47. The van der Waals surface area contributed by atoms with Crippen LogP contribution in [0.15, 0.2) is 38.3 Å². The molecule has 1 aliphatic heterocycles. The summed E-state index contributed by atoms with van der Waals surface area (Å²) in [6, 6.07) is 8.75. The van der Waals surface area contributed by atoms with Gasteiger partial charge in [0.1, 0.15) is 5.76 Å². The van der Waals surface area contributed by atoms with Crippen molar-refractivity contribution in [1.82, 2.24) is 15.8 Å². The van der Waals surface area contributed by atoms with Gasteiger partial charge in [-0.2, -0.15) is 0 Å². The van der Waals surface area contributed by atoms with Gasteiger partial charge in [0, 0.05) is 42.8 Å². The van der Waals surface area contributed by atoms with Crippen LogP contribution in [-0.2, 0) is 6.42 Å². The summed E-state index contributed by atoms with van der Waals surface area (Å²) in [4.78, 5) is 6.76. The highest BCUT2D eigenvalue weighted by Gasteiger charge is 2.24. The number of halogens is 2. The molecule has 1 unspecified atom stereocenters. The van der Waals surface area contributed by atoms with Gasteiger partial charge in [0.05, 0.1) is 11.4 Å². The average molecular weight is 548 g/mol. The van der Waals surface area contributed by atoms with Crippen LogP contribution in [0.2, 0.25) is 0 Å². The first-order chi connectivity index (χ1) is 12.6. The zero-order valence-electron chi connectivity index (χ0n) is 16.0. The van der Waals surface area contributed by atoms with Crippen LogP contribution in [0.1, 0.15) is 23.4 Å². The molecule has 2 aromatic rings. The Hall–Kier alpha value is -1.29. The lowest BCUT2D eigenvalue weighted by atomic mass is 10.1. The Kier molecular flexibility index (Phi) is 8.40. The van der Waals surface area contributed by atoms with E-state index in [2.05, 4.69) is 59.8 Å². The third-order valence-electron chi connectivity index (χ3n) is 4.79. The molecule has 0 saturated carbocycles. The molecule has 8 heteroatoms. The molecule has 0 radical (unpaired) electrons. The highest BCUT2D eigenvalue weighted by atomic mass is 127. The van der Waals surface area contributed by atoms with Gasteiger partial charge in [0.15, 0.2) is 5.96 Å². The number of nitrogens with zero attached hydrogens (tertiary/aromatic N) is 3. The zero-order valence-corrected chi connectivity index (χ0v) is 19.9. The van der Waals surface area contributed by atoms with E-state index >= 15 is 0 Å². The van der Waals surface area contributed by atoms with Gasteiger partial charge < -0.3 is 20.1 Å². The molecule has 1 aromatic heterocycles. The number of benzene rings is 1. The topological polar surface area (TPSA) is 65.7 Å². The smallest absolute Gasteiger partial charge is 0.191 e. The summed E-state index contributed by atoms with van der Waals surface area (Å²) in [6.07, 6.45) is 1.96. The van der Waals surface area contributed by atoms with E-state index in [0.29, 0.717) is 6.04 Å². The standard InChI is InChI=1S/C19H26BrN5O.HI/c1-13-16(14(2)26-24-13)8-10-22-19(21-3)23-15-9-11-25(12-15)18-7-5-4-6-17(18)20;/h4-7,15H,8-12H2,1-3H3,(H2,21,22,23);1H. The van der Waals surface area contributed by atoms with Gasteiger partial charge in [0.25, 0.3) is 0 Å². The van der Waals surface area contributed by atoms with Crippen molar-refractivity contribution >= 4 is 51.6 Å². The Bertz CT molecular complexity index is 760. The van der Waals surface area contributed by atoms with E-state index < -0.39 is 0 Å². The Balaban J connectivity index is 0.00000261. The van der Waals surface area contributed by atoms with Crippen molar-refractivity contribution in [2.45, 2.75) is 32.7 Å². The molecule has 6 nitrogen and oxygen atoms in total. The van der Waals surface area contributed by atoms with E-state index in [1.165, 1.54) is 11.3 Å². The van der Waals surface area contributed by atoms with Gasteiger partial charge in [-0.1, -0.05) is 17.3 Å². The fraction of sp³-hybridized carbons (Fsp3) is 0.474. The summed E-state index contributed by atoms with van der Waals surface area (Å²) < 4.78 is 6.36. The Labute approximate surface area is 186 Å². The van der Waals surface area contributed by atoms with E-state index in [9.17, 15) is 0 Å². The van der Waals surface area contributed by atoms with E-state index in [0.717, 1.165) is 54.4 Å². The van der Waals surface area contributed by atoms with Crippen LogP contribution in [-0.4, -0.2) is 43.8 Å². The molecular formula is C19H27BrIN5O. The molecule has 3 rings (SSSR count). The summed E-state index contributed by atoms with van der Waals surface area (Å²) in [6.45, 7) is 6.73. The SMILES string of the molecule is CN=C(NCCc1c(C)noc1C)NC1CCN(c2ccccc2Br)C1.I. The lowest BCUT2D eigenvalue weighted by molar-refractivity contribution is 0.392. The predicted molar refractivity (Wildman–Crippen MR) is 124 cm³/mol. The summed E-state index contributed by atoms with van der Waals surface area (Å²) in [5.74, 6) is 1.74. The Morgan fingerprint density at radius 3 is 2.81 bits per heavy atom. The minimum absolute atomic E-state index is 0. The van der Waals surface area contributed by atoms with Crippen molar-refractivity contribution in [3.63, 3.8) is 0 Å². The van der Waals surface area contributed by atoms with Gasteiger partial charge in [-0.25, -0.2) is 0 Å². The van der Waals surface area contributed by atoms with Crippen LogP contribution in [0.5, 0.6) is 0 Å². The summed E-state index contributed by atoms with van der Waals surface area (Å²) in [5.41, 5.74) is 3.39. The first-order valence-electron chi connectivity index (χ1n) is 8.97. The number of hydrogen-bond acceptors (Lipinski definition) is 4. The molecule has 27 heavy (non-hydrogen) atoms. The lowest BCUT2D eigenvalue weighted by Gasteiger charge is -2.21. The van der Waals surface area contributed by atoms with Crippen LogP contribution < -0.4 is 15.5 Å². The number of rotatable bonds is 5. The summed E-state index contributed by atoms with van der Waals surface area (Å²) in [5, 5.41) is 10.9. The number of para-hydroxylation sites is 1. The second-order valence-corrected chi connectivity index (χ2v) is 7.43. The van der Waals surface area contributed by atoms with E-state index in [-0.39, 0.29) is 24.0 Å². The molecule has 1 atom stereocenters. The normalized spacial score (nSPS) is 17.0. The van der Waals surface area contributed by atoms with Crippen LogP contribution in [0.4, 0.5) is 5.69 Å². The summed E-state index contributed by atoms with van der Waals surface area (Å²) in [7, 11) is 1.81. The average Bonchev–Trinajstić information content (AvgIpc) is 3.22. The van der Waals surface area contributed by atoms with Gasteiger partial charge in [0.2, 0.25) is 0 Å². The maximum absolute atomic E-state index is 5.22. The van der Waals surface area contributed by atoms with Crippen LogP contribution in [0.3, 0.4) is 0 Å². The maximum atomic E-state index is 5.22. The molecule has 2 N–H and O–H groups in total. The van der Waals surface area contributed by atoms with Crippen LogP contribution >= 0.6 is 39.9 Å². The van der Waals surface area contributed by atoms with E-state index in [4.69, 9.17) is 4.52 Å². The minimum atomic E-state index is 0. The molecule has 1 saturated heterocycles. The monoisotopic (exact) mass is 547 g/mol. The Morgan fingerprint density at radius 2 is 2.15 bits per heavy atom. The predicted octanol–water partition coefficient (Wildman–Crippen LogP) is 3.66. The number of aliphatic imine (C=N–C) groups is 1. The van der Waals surface area contributed by atoms with E-state index in [1.807, 2.05) is 27.0 Å². The number of anilines is 1. The molecule has 0 bridgehead atoms. The molecule has 0 spiro atoms. The molecule has 0 amide bonds. The highest BCUT2D eigenvalue weighted by molar-refractivity contribution is 14.0. The molecular weight excluding hydrogens is 521 g/mol. The number of hydrogen-bond donors (Lipinski definition) is 2. The number of aryl methyl sites for hydroxylation is 2. The largest absolute Gasteiger partial charge is 0.368 e. The number of nitrogens with one attached hydrogen (secondary N) is 2. The molecule has 1 aromatic carbocycles. The number of guanidine groups is 1. The van der Waals surface area contributed by atoms with E-state index in [1.54, 1.807) is 0 Å². The van der Waals surface area contributed by atoms with Crippen molar-refractivity contribution < 1.29 is 4.52 Å².